The summed E-state index contributed by atoms with van der Waals surface area (Å²) < 4.78 is 10.9. The molecule has 5 heteroatoms. The van der Waals surface area contributed by atoms with Crippen LogP contribution in [0.3, 0.4) is 0 Å². The lowest BCUT2D eigenvalue weighted by Gasteiger charge is -2.46. The first-order chi connectivity index (χ1) is 9.65. The molecule has 1 saturated carbocycles. The molecule has 0 saturated heterocycles. The molecule has 0 amide bonds. The maximum atomic E-state index is 5.73. The summed E-state index contributed by atoms with van der Waals surface area (Å²) in [4.78, 5) is 6.20. The van der Waals surface area contributed by atoms with Gasteiger partial charge < -0.3 is 14.8 Å². The van der Waals surface area contributed by atoms with Crippen LogP contribution in [0.4, 0.5) is 0 Å². The lowest BCUT2D eigenvalue weighted by molar-refractivity contribution is -0.0550. The summed E-state index contributed by atoms with van der Waals surface area (Å²) in [7, 11) is 1.74. The molecule has 0 atom stereocenters. The maximum absolute atomic E-state index is 5.73. The standard InChI is InChI=1S/C15H26N2O2S/c1-5-13-11(3)20-14(17-13)15(16-7-8-18-4)9-12(10-15)19-6-2/h12,16H,5-10H2,1-4H3. The van der Waals surface area contributed by atoms with Crippen LogP contribution in [0.5, 0.6) is 0 Å². The van der Waals surface area contributed by atoms with Gasteiger partial charge in [0, 0.05) is 25.1 Å². The van der Waals surface area contributed by atoms with Crippen molar-refractivity contribution < 1.29 is 9.47 Å². The summed E-state index contributed by atoms with van der Waals surface area (Å²) in [6, 6.07) is 0. The van der Waals surface area contributed by atoms with Crippen LogP contribution in [0.15, 0.2) is 0 Å². The summed E-state index contributed by atoms with van der Waals surface area (Å²) in [6.07, 6.45) is 3.40. The van der Waals surface area contributed by atoms with Crippen LogP contribution in [0, 0.1) is 6.92 Å². The minimum atomic E-state index is 0.00120. The van der Waals surface area contributed by atoms with Crippen LogP contribution in [0.25, 0.3) is 0 Å². The Hall–Kier alpha value is -0.490. The third-order valence-electron chi connectivity index (χ3n) is 3.96. The van der Waals surface area contributed by atoms with Crippen molar-refractivity contribution in [1.82, 2.24) is 10.3 Å². The second-order valence-corrected chi connectivity index (χ2v) is 6.57. The van der Waals surface area contributed by atoms with E-state index < -0.39 is 0 Å². The van der Waals surface area contributed by atoms with Gasteiger partial charge in [-0.2, -0.15) is 0 Å². The lowest BCUT2D eigenvalue weighted by Crippen LogP contribution is -2.56. The van der Waals surface area contributed by atoms with Crippen LogP contribution in [-0.4, -0.2) is 38.0 Å². The fourth-order valence-corrected chi connectivity index (χ4v) is 4.01. The third kappa shape index (κ3) is 3.22. The minimum absolute atomic E-state index is 0.00120. The summed E-state index contributed by atoms with van der Waals surface area (Å²) in [5.74, 6) is 0. The molecule has 1 aliphatic rings. The second kappa shape index (κ2) is 6.98. The lowest BCUT2D eigenvalue weighted by atomic mass is 9.74. The van der Waals surface area contributed by atoms with Gasteiger partial charge in [-0.3, -0.25) is 0 Å². The zero-order chi connectivity index (χ0) is 14.6. The van der Waals surface area contributed by atoms with Crippen molar-refractivity contribution in [3.8, 4) is 0 Å². The van der Waals surface area contributed by atoms with E-state index in [1.54, 1.807) is 7.11 Å². The van der Waals surface area contributed by atoms with Crippen LogP contribution in [0.1, 0.15) is 42.3 Å². The van der Waals surface area contributed by atoms with Gasteiger partial charge in [0.2, 0.25) is 0 Å². The molecule has 0 spiro atoms. The van der Waals surface area contributed by atoms with Gasteiger partial charge in [0.15, 0.2) is 0 Å². The number of thiazole rings is 1. The smallest absolute Gasteiger partial charge is 0.113 e. The Morgan fingerprint density at radius 1 is 1.40 bits per heavy atom. The average Bonchev–Trinajstić information content (AvgIpc) is 2.77. The summed E-state index contributed by atoms with van der Waals surface area (Å²) in [5, 5.41) is 4.87. The van der Waals surface area contributed by atoms with E-state index in [2.05, 4.69) is 26.1 Å². The number of aryl methyl sites for hydroxylation is 2. The van der Waals surface area contributed by atoms with Crippen molar-refractivity contribution in [2.45, 2.75) is 51.7 Å². The molecular weight excluding hydrogens is 272 g/mol. The Bertz CT molecular complexity index is 422. The largest absolute Gasteiger partial charge is 0.383 e. The molecule has 0 aromatic carbocycles. The zero-order valence-electron chi connectivity index (χ0n) is 13.0. The number of hydrogen-bond acceptors (Lipinski definition) is 5. The molecule has 0 aliphatic heterocycles. The van der Waals surface area contributed by atoms with E-state index in [1.165, 1.54) is 15.6 Å². The SMILES string of the molecule is CCOC1CC(NCCOC)(c2nc(CC)c(C)s2)C1. The molecule has 20 heavy (non-hydrogen) atoms. The Morgan fingerprint density at radius 3 is 2.70 bits per heavy atom. The molecule has 1 aliphatic carbocycles. The fraction of sp³-hybridized carbons (Fsp3) is 0.800. The van der Waals surface area contributed by atoms with Gasteiger partial charge in [0.05, 0.1) is 23.9 Å². The Kier molecular flexibility index (Phi) is 5.55. The van der Waals surface area contributed by atoms with Gasteiger partial charge in [-0.1, -0.05) is 6.92 Å². The predicted octanol–water partition coefficient (Wildman–Crippen LogP) is 2.64. The molecule has 1 aromatic rings. The molecule has 0 unspecified atom stereocenters. The van der Waals surface area contributed by atoms with Gasteiger partial charge >= 0.3 is 0 Å². The van der Waals surface area contributed by atoms with Gasteiger partial charge in [-0.25, -0.2) is 4.98 Å². The maximum Gasteiger partial charge on any atom is 0.113 e. The number of nitrogens with one attached hydrogen (secondary N) is 1. The minimum Gasteiger partial charge on any atom is -0.383 e. The van der Waals surface area contributed by atoms with Gasteiger partial charge in [0.25, 0.3) is 0 Å². The first-order valence-corrected chi connectivity index (χ1v) is 8.29. The van der Waals surface area contributed by atoms with Crippen molar-refractivity contribution in [2.24, 2.45) is 0 Å². The first-order valence-electron chi connectivity index (χ1n) is 7.47. The molecule has 0 radical (unpaired) electrons. The molecule has 114 valence electrons. The van der Waals surface area contributed by atoms with Crippen molar-refractivity contribution in [2.75, 3.05) is 26.9 Å². The fourth-order valence-electron chi connectivity index (χ4n) is 2.82. The molecule has 1 aromatic heterocycles. The number of nitrogens with zero attached hydrogens (tertiary/aromatic N) is 1. The molecule has 1 heterocycles. The Balaban J connectivity index is 2.10. The number of methoxy groups -OCH3 is 1. The normalized spacial score (nSPS) is 25.7. The summed E-state index contributed by atoms with van der Waals surface area (Å²) in [6.45, 7) is 8.76. The second-order valence-electron chi connectivity index (χ2n) is 5.36. The number of ether oxygens (including phenoxy) is 2. The van der Waals surface area contributed by atoms with Crippen molar-refractivity contribution >= 4 is 11.3 Å². The van der Waals surface area contributed by atoms with Crippen LogP contribution in [-0.2, 0) is 21.4 Å². The number of aromatic nitrogens is 1. The molecule has 4 nitrogen and oxygen atoms in total. The zero-order valence-corrected chi connectivity index (χ0v) is 13.8. The summed E-state index contributed by atoms with van der Waals surface area (Å²) >= 11 is 1.83. The predicted molar refractivity (Wildman–Crippen MR) is 82.4 cm³/mol. The van der Waals surface area contributed by atoms with E-state index in [1.807, 2.05) is 11.3 Å². The van der Waals surface area contributed by atoms with Crippen molar-refractivity contribution in [3.63, 3.8) is 0 Å². The van der Waals surface area contributed by atoms with E-state index in [0.717, 1.165) is 39.0 Å². The molecule has 2 rings (SSSR count). The summed E-state index contributed by atoms with van der Waals surface area (Å²) in [5.41, 5.74) is 1.24. The van der Waals surface area contributed by atoms with E-state index in [4.69, 9.17) is 14.5 Å². The first kappa shape index (κ1) is 15.9. The van der Waals surface area contributed by atoms with Crippen LogP contribution >= 0.6 is 11.3 Å². The number of hydrogen-bond donors (Lipinski definition) is 1. The van der Waals surface area contributed by atoms with E-state index in [0.29, 0.717) is 6.10 Å². The highest BCUT2D eigenvalue weighted by atomic mass is 32.1. The van der Waals surface area contributed by atoms with Crippen molar-refractivity contribution in [1.29, 1.82) is 0 Å². The molecule has 1 fully saturated rings. The Morgan fingerprint density at radius 2 is 2.15 bits per heavy atom. The monoisotopic (exact) mass is 298 g/mol. The quantitative estimate of drug-likeness (QED) is 0.749. The third-order valence-corrected chi connectivity index (χ3v) is 5.18. The highest BCUT2D eigenvalue weighted by Crippen LogP contribution is 2.45. The number of rotatable bonds is 8. The molecular formula is C15H26N2O2S. The van der Waals surface area contributed by atoms with Gasteiger partial charge in [-0.05, 0) is 33.1 Å². The van der Waals surface area contributed by atoms with Crippen molar-refractivity contribution in [3.05, 3.63) is 15.6 Å². The molecule has 1 N–H and O–H groups in total. The highest BCUT2D eigenvalue weighted by molar-refractivity contribution is 7.11. The van der Waals surface area contributed by atoms with E-state index in [-0.39, 0.29) is 5.54 Å². The van der Waals surface area contributed by atoms with Crippen LogP contribution in [0.2, 0.25) is 0 Å². The Labute approximate surface area is 125 Å². The van der Waals surface area contributed by atoms with E-state index >= 15 is 0 Å². The molecule has 0 bridgehead atoms. The average molecular weight is 298 g/mol. The van der Waals surface area contributed by atoms with Crippen LogP contribution < -0.4 is 5.32 Å². The van der Waals surface area contributed by atoms with E-state index in [9.17, 15) is 0 Å². The topological polar surface area (TPSA) is 43.4 Å². The van der Waals surface area contributed by atoms with Gasteiger partial charge in [0.1, 0.15) is 5.01 Å². The van der Waals surface area contributed by atoms with Gasteiger partial charge in [-0.15, -0.1) is 11.3 Å². The highest BCUT2D eigenvalue weighted by Gasteiger charge is 2.48.